The molecule has 1 heterocycles. The van der Waals surface area contributed by atoms with Crippen molar-refractivity contribution in [1.82, 2.24) is 0 Å². The van der Waals surface area contributed by atoms with E-state index in [-0.39, 0.29) is 17.5 Å². The molecule has 0 spiro atoms. The molecule has 0 fully saturated rings. The molecule has 0 saturated carbocycles. The van der Waals surface area contributed by atoms with Gasteiger partial charge in [-0.15, -0.1) is 0 Å². The number of Topliss-reactive ketones (excluding diaryl/α,β-unsaturated/α-hetero) is 1. The molecule has 1 aliphatic heterocycles. The van der Waals surface area contributed by atoms with Gasteiger partial charge < -0.3 is 5.32 Å². The molecule has 1 aliphatic rings. The number of benzene rings is 2. The number of hydrogen-bond donors (Lipinski definition) is 1. The van der Waals surface area contributed by atoms with Crippen LogP contribution in [0, 0.1) is 5.82 Å². The highest BCUT2D eigenvalue weighted by molar-refractivity contribution is 5.87. The number of anilines is 1. The second-order valence-electron chi connectivity index (χ2n) is 5.94. The minimum Gasteiger partial charge on any atom is -0.385 e. The molecule has 114 valence electrons. The Morgan fingerprint density at radius 3 is 2.77 bits per heavy atom. The molecule has 0 aliphatic carbocycles. The zero-order valence-electron chi connectivity index (χ0n) is 12.7. The molecular weight excluding hydrogens is 277 g/mol. The maximum absolute atomic E-state index is 12.9. The van der Waals surface area contributed by atoms with Gasteiger partial charge in [-0.05, 0) is 47.7 Å². The molecule has 2 aromatic carbocycles. The summed E-state index contributed by atoms with van der Waals surface area (Å²) >= 11 is 0. The number of hydrogen-bond acceptors (Lipinski definition) is 2. The van der Waals surface area contributed by atoms with Gasteiger partial charge in [0.05, 0.1) is 0 Å². The number of carbonyl (C=O) groups is 1. The summed E-state index contributed by atoms with van der Waals surface area (Å²) in [6.07, 6.45) is 2.54. The number of aryl methyl sites for hydroxylation is 1. The summed E-state index contributed by atoms with van der Waals surface area (Å²) in [6.45, 7) is 2.97. The van der Waals surface area contributed by atoms with Crippen molar-refractivity contribution in [3.8, 4) is 0 Å². The summed E-state index contributed by atoms with van der Waals surface area (Å²) in [7, 11) is 0. The van der Waals surface area contributed by atoms with Crippen LogP contribution in [-0.2, 0) is 17.6 Å². The first-order valence-electron chi connectivity index (χ1n) is 7.77. The predicted octanol–water partition coefficient (Wildman–Crippen LogP) is 4.10. The van der Waals surface area contributed by atoms with Crippen LogP contribution in [0.2, 0.25) is 0 Å². The number of rotatable bonds is 4. The van der Waals surface area contributed by atoms with Crippen molar-refractivity contribution in [3.63, 3.8) is 0 Å². The van der Waals surface area contributed by atoms with Crippen LogP contribution in [0.15, 0.2) is 42.5 Å². The molecule has 0 bridgehead atoms. The van der Waals surface area contributed by atoms with Crippen LogP contribution in [0.5, 0.6) is 0 Å². The molecule has 2 aromatic rings. The molecular formula is C19H20FNO. The minimum atomic E-state index is -0.272. The van der Waals surface area contributed by atoms with Gasteiger partial charge in [-0.1, -0.05) is 31.2 Å². The van der Waals surface area contributed by atoms with E-state index in [2.05, 4.69) is 17.4 Å². The van der Waals surface area contributed by atoms with Gasteiger partial charge in [-0.2, -0.15) is 0 Å². The first kappa shape index (κ1) is 14.8. The Bertz CT molecular complexity index is 678. The lowest BCUT2D eigenvalue weighted by Gasteiger charge is -2.20. The SMILES string of the molecule is CC(C(=O)Cc1ccc(F)cc1)c1ccc2c(c1)CCCN2. The van der Waals surface area contributed by atoms with Crippen LogP contribution in [0.25, 0.3) is 0 Å². The first-order valence-corrected chi connectivity index (χ1v) is 7.77. The van der Waals surface area contributed by atoms with Crippen molar-refractivity contribution in [1.29, 1.82) is 0 Å². The number of ketones is 1. The number of halogens is 1. The fourth-order valence-corrected chi connectivity index (χ4v) is 2.91. The molecule has 2 nitrogen and oxygen atoms in total. The topological polar surface area (TPSA) is 29.1 Å². The van der Waals surface area contributed by atoms with Crippen molar-refractivity contribution in [2.75, 3.05) is 11.9 Å². The highest BCUT2D eigenvalue weighted by Crippen LogP contribution is 2.27. The number of carbonyl (C=O) groups excluding carboxylic acids is 1. The summed E-state index contributed by atoms with van der Waals surface area (Å²) in [5.41, 5.74) is 4.41. The molecule has 1 N–H and O–H groups in total. The van der Waals surface area contributed by atoms with Gasteiger partial charge in [-0.25, -0.2) is 4.39 Å². The lowest BCUT2D eigenvalue weighted by Crippen LogP contribution is -2.15. The molecule has 1 atom stereocenters. The van der Waals surface area contributed by atoms with Gasteiger partial charge in [-0.3, -0.25) is 4.79 Å². The van der Waals surface area contributed by atoms with Gasteiger partial charge in [0.1, 0.15) is 11.6 Å². The first-order chi connectivity index (χ1) is 10.6. The van der Waals surface area contributed by atoms with Crippen LogP contribution >= 0.6 is 0 Å². The fraction of sp³-hybridized carbons (Fsp3) is 0.316. The van der Waals surface area contributed by atoms with Gasteiger partial charge in [0.25, 0.3) is 0 Å². The lowest BCUT2D eigenvalue weighted by atomic mass is 9.90. The minimum absolute atomic E-state index is 0.141. The van der Waals surface area contributed by atoms with E-state index in [0.29, 0.717) is 6.42 Å². The van der Waals surface area contributed by atoms with E-state index in [9.17, 15) is 9.18 Å². The van der Waals surface area contributed by atoms with E-state index >= 15 is 0 Å². The van der Waals surface area contributed by atoms with E-state index < -0.39 is 0 Å². The van der Waals surface area contributed by atoms with Gasteiger partial charge in [0, 0.05) is 24.6 Å². The van der Waals surface area contributed by atoms with Crippen molar-refractivity contribution >= 4 is 11.5 Å². The molecule has 0 amide bonds. The van der Waals surface area contributed by atoms with Crippen molar-refractivity contribution in [2.24, 2.45) is 0 Å². The zero-order chi connectivity index (χ0) is 15.5. The molecule has 3 heteroatoms. The second kappa shape index (κ2) is 6.30. The fourth-order valence-electron chi connectivity index (χ4n) is 2.91. The average molecular weight is 297 g/mol. The largest absolute Gasteiger partial charge is 0.385 e. The summed E-state index contributed by atoms with van der Waals surface area (Å²) in [4.78, 5) is 12.5. The molecule has 3 rings (SSSR count). The van der Waals surface area contributed by atoms with Gasteiger partial charge in [0.15, 0.2) is 0 Å². The zero-order valence-corrected chi connectivity index (χ0v) is 12.7. The maximum atomic E-state index is 12.9. The smallest absolute Gasteiger partial charge is 0.144 e. The Balaban J connectivity index is 1.73. The summed E-state index contributed by atoms with van der Waals surface area (Å²) < 4.78 is 12.9. The third kappa shape index (κ3) is 3.19. The van der Waals surface area contributed by atoms with Crippen LogP contribution in [0.3, 0.4) is 0 Å². The standard InChI is InChI=1S/C19H20FNO/c1-13(19(22)11-14-4-7-17(20)8-5-14)15-6-9-18-16(12-15)3-2-10-21-18/h4-9,12-13,21H,2-3,10-11H2,1H3. The maximum Gasteiger partial charge on any atom is 0.144 e. The van der Waals surface area contributed by atoms with Crippen molar-refractivity contribution in [3.05, 3.63) is 65.0 Å². The second-order valence-corrected chi connectivity index (χ2v) is 5.94. The molecule has 22 heavy (non-hydrogen) atoms. The van der Waals surface area contributed by atoms with Crippen LogP contribution < -0.4 is 5.32 Å². The quantitative estimate of drug-likeness (QED) is 0.920. The third-order valence-electron chi connectivity index (χ3n) is 4.34. The lowest BCUT2D eigenvalue weighted by molar-refractivity contribution is -0.119. The predicted molar refractivity (Wildman–Crippen MR) is 86.8 cm³/mol. The highest BCUT2D eigenvalue weighted by Gasteiger charge is 2.18. The van der Waals surface area contributed by atoms with Crippen LogP contribution in [-0.4, -0.2) is 12.3 Å². The Hall–Kier alpha value is -2.16. The average Bonchev–Trinajstić information content (AvgIpc) is 2.55. The van der Waals surface area contributed by atoms with E-state index in [1.165, 1.54) is 23.4 Å². The van der Waals surface area contributed by atoms with Crippen LogP contribution in [0.4, 0.5) is 10.1 Å². The Morgan fingerprint density at radius 1 is 1.23 bits per heavy atom. The molecule has 0 radical (unpaired) electrons. The van der Waals surface area contributed by atoms with E-state index in [0.717, 1.165) is 30.5 Å². The highest BCUT2D eigenvalue weighted by atomic mass is 19.1. The van der Waals surface area contributed by atoms with E-state index in [1.807, 2.05) is 13.0 Å². The Labute approximate surface area is 130 Å². The normalized spacial score (nSPS) is 14.8. The molecule has 0 saturated heterocycles. The molecule has 0 aromatic heterocycles. The monoisotopic (exact) mass is 297 g/mol. The number of fused-ring (bicyclic) bond motifs is 1. The summed E-state index contributed by atoms with van der Waals surface area (Å²) in [5.74, 6) is -0.251. The third-order valence-corrected chi connectivity index (χ3v) is 4.34. The summed E-state index contributed by atoms with van der Waals surface area (Å²) in [6, 6.07) is 12.4. The molecule has 1 unspecified atom stereocenters. The Morgan fingerprint density at radius 2 is 2.00 bits per heavy atom. The van der Waals surface area contributed by atoms with Gasteiger partial charge in [0.2, 0.25) is 0 Å². The van der Waals surface area contributed by atoms with E-state index in [1.54, 1.807) is 12.1 Å². The number of nitrogens with one attached hydrogen (secondary N) is 1. The summed E-state index contributed by atoms with van der Waals surface area (Å²) in [5, 5.41) is 3.38. The van der Waals surface area contributed by atoms with Gasteiger partial charge >= 0.3 is 0 Å². The van der Waals surface area contributed by atoms with Crippen LogP contribution in [0.1, 0.15) is 36.0 Å². The Kier molecular flexibility index (Phi) is 4.23. The van der Waals surface area contributed by atoms with Crippen molar-refractivity contribution < 1.29 is 9.18 Å². The van der Waals surface area contributed by atoms with E-state index in [4.69, 9.17) is 0 Å². The van der Waals surface area contributed by atoms with Crippen molar-refractivity contribution in [2.45, 2.75) is 32.1 Å².